The molecule has 92 valence electrons. The van der Waals surface area contributed by atoms with Crippen LogP contribution in [0.25, 0.3) is 0 Å². The quantitative estimate of drug-likeness (QED) is 0.725. The molecule has 1 rings (SSSR count). The summed E-state index contributed by atoms with van der Waals surface area (Å²) in [5.74, 6) is 2.50. The summed E-state index contributed by atoms with van der Waals surface area (Å²) >= 11 is 3.79. The molecular formula is C12H22N2S2. The number of hydrogen-bond acceptors (Lipinski definition) is 4. The zero-order chi connectivity index (χ0) is 11.8. The fraction of sp³-hybridized carbons (Fsp3) is 0.750. The number of rotatable bonds is 8. The van der Waals surface area contributed by atoms with Crippen molar-refractivity contribution in [2.75, 3.05) is 18.1 Å². The van der Waals surface area contributed by atoms with Crippen molar-refractivity contribution in [3.05, 3.63) is 16.1 Å². The highest BCUT2D eigenvalue weighted by molar-refractivity contribution is 7.99. The van der Waals surface area contributed by atoms with Gasteiger partial charge in [0.1, 0.15) is 0 Å². The zero-order valence-corrected chi connectivity index (χ0v) is 12.1. The largest absolute Gasteiger partial charge is 0.314 e. The van der Waals surface area contributed by atoms with Crippen molar-refractivity contribution in [3.8, 4) is 0 Å². The third kappa shape index (κ3) is 5.32. The van der Waals surface area contributed by atoms with Gasteiger partial charge in [0.15, 0.2) is 0 Å². The second kappa shape index (κ2) is 8.09. The first kappa shape index (κ1) is 14.0. The number of nitrogens with zero attached hydrogens (tertiary/aromatic N) is 1. The van der Waals surface area contributed by atoms with Crippen molar-refractivity contribution < 1.29 is 0 Å². The Bertz CT molecular complexity index is 286. The maximum absolute atomic E-state index is 4.26. The van der Waals surface area contributed by atoms with E-state index >= 15 is 0 Å². The lowest BCUT2D eigenvalue weighted by molar-refractivity contribution is 0.541. The van der Waals surface area contributed by atoms with Gasteiger partial charge >= 0.3 is 0 Å². The maximum atomic E-state index is 4.26. The highest BCUT2D eigenvalue weighted by Crippen LogP contribution is 2.12. The second-order valence-electron chi connectivity index (χ2n) is 3.95. The minimum Gasteiger partial charge on any atom is -0.314 e. The first-order valence-electron chi connectivity index (χ1n) is 5.94. The van der Waals surface area contributed by atoms with Gasteiger partial charge in [-0.15, -0.1) is 11.3 Å². The second-order valence-corrected chi connectivity index (χ2v) is 6.28. The summed E-state index contributed by atoms with van der Waals surface area (Å²) < 4.78 is 0. The van der Waals surface area contributed by atoms with Crippen LogP contribution in [0.5, 0.6) is 0 Å². The number of thioether (sulfide) groups is 1. The summed E-state index contributed by atoms with van der Waals surface area (Å²) in [5, 5.41) is 3.57. The summed E-state index contributed by atoms with van der Waals surface area (Å²) in [4.78, 5) is 5.68. The van der Waals surface area contributed by atoms with Crippen LogP contribution in [0.1, 0.15) is 30.8 Å². The average Bonchev–Trinajstić information content (AvgIpc) is 2.65. The van der Waals surface area contributed by atoms with Gasteiger partial charge < -0.3 is 5.32 Å². The molecule has 0 saturated carbocycles. The minimum atomic E-state index is 0.632. The SMILES string of the molecule is CCSCCC(C)NCCc1scnc1C. The molecule has 16 heavy (non-hydrogen) atoms. The van der Waals surface area contributed by atoms with Crippen LogP contribution in [-0.2, 0) is 6.42 Å². The van der Waals surface area contributed by atoms with Gasteiger partial charge in [-0.1, -0.05) is 6.92 Å². The number of nitrogens with one attached hydrogen (secondary N) is 1. The molecule has 1 aromatic heterocycles. The number of aromatic nitrogens is 1. The molecule has 1 N–H and O–H groups in total. The number of thiazole rings is 1. The van der Waals surface area contributed by atoms with Crippen LogP contribution in [0.3, 0.4) is 0 Å². The molecule has 0 fully saturated rings. The molecule has 1 atom stereocenters. The smallest absolute Gasteiger partial charge is 0.0797 e. The maximum Gasteiger partial charge on any atom is 0.0797 e. The van der Waals surface area contributed by atoms with Gasteiger partial charge in [0, 0.05) is 17.5 Å². The van der Waals surface area contributed by atoms with E-state index in [0.29, 0.717) is 6.04 Å². The van der Waals surface area contributed by atoms with E-state index in [4.69, 9.17) is 0 Å². The molecule has 0 radical (unpaired) electrons. The number of aryl methyl sites for hydroxylation is 1. The molecule has 0 aliphatic carbocycles. The van der Waals surface area contributed by atoms with Gasteiger partial charge in [-0.05, 0) is 38.2 Å². The van der Waals surface area contributed by atoms with Crippen LogP contribution >= 0.6 is 23.1 Å². The Morgan fingerprint density at radius 2 is 2.38 bits per heavy atom. The zero-order valence-electron chi connectivity index (χ0n) is 10.5. The van der Waals surface area contributed by atoms with Gasteiger partial charge in [0.05, 0.1) is 11.2 Å². The van der Waals surface area contributed by atoms with Gasteiger partial charge in [0.25, 0.3) is 0 Å². The van der Waals surface area contributed by atoms with Crippen molar-refractivity contribution in [1.82, 2.24) is 10.3 Å². The van der Waals surface area contributed by atoms with E-state index in [-0.39, 0.29) is 0 Å². The standard InChI is InChI=1S/C12H22N2S2/c1-4-15-8-6-10(2)13-7-5-12-11(3)14-9-16-12/h9-10,13H,4-8H2,1-3H3. The fourth-order valence-electron chi connectivity index (χ4n) is 1.50. The Labute approximate surface area is 107 Å². The third-order valence-corrected chi connectivity index (χ3v) is 4.52. The van der Waals surface area contributed by atoms with E-state index in [1.807, 2.05) is 17.3 Å². The van der Waals surface area contributed by atoms with Crippen LogP contribution < -0.4 is 5.32 Å². The highest BCUT2D eigenvalue weighted by atomic mass is 32.2. The van der Waals surface area contributed by atoms with E-state index in [1.54, 1.807) is 11.3 Å². The molecule has 4 heteroatoms. The first-order valence-corrected chi connectivity index (χ1v) is 7.97. The Morgan fingerprint density at radius 3 is 3.00 bits per heavy atom. The predicted molar refractivity (Wildman–Crippen MR) is 75.6 cm³/mol. The van der Waals surface area contributed by atoms with Crippen molar-refractivity contribution in [2.45, 2.75) is 39.7 Å². The van der Waals surface area contributed by atoms with Gasteiger partial charge in [-0.3, -0.25) is 0 Å². The van der Waals surface area contributed by atoms with Crippen LogP contribution in [0.15, 0.2) is 5.51 Å². The van der Waals surface area contributed by atoms with E-state index in [2.05, 4.69) is 31.1 Å². The highest BCUT2D eigenvalue weighted by Gasteiger charge is 2.03. The molecule has 0 spiro atoms. The lowest BCUT2D eigenvalue weighted by atomic mass is 10.2. The van der Waals surface area contributed by atoms with Gasteiger partial charge in [-0.2, -0.15) is 11.8 Å². The molecule has 1 heterocycles. The molecule has 1 aromatic rings. The van der Waals surface area contributed by atoms with Crippen LogP contribution in [0.4, 0.5) is 0 Å². The number of hydrogen-bond donors (Lipinski definition) is 1. The molecule has 0 bridgehead atoms. The van der Waals surface area contributed by atoms with Crippen molar-refractivity contribution in [1.29, 1.82) is 0 Å². The topological polar surface area (TPSA) is 24.9 Å². The van der Waals surface area contributed by atoms with E-state index < -0.39 is 0 Å². The van der Waals surface area contributed by atoms with E-state index in [9.17, 15) is 0 Å². The molecule has 0 aliphatic rings. The minimum absolute atomic E-state index is 0.632. The molecule has 0 saturated heterocycles. The summed E-state index contributed by atoms with van der Waals surface area (Å²) in [6.45, 7) is 7.65. The average molecular weight is 258 g/mol. The Kier molecular flexibility index (Phi) is 7.08. The molecule has 0 aromatic carbocycles. The van der Waals surface area contributed by atoms with Crippen molar-refractivity contribution in [2.24, 2.45) is 0 Å². The summed E-state index contributed by atoms with van der Waals surface area (Å²) in [5.41, 5.74) is 3.13. The molecule has 0 aliphatic heterocycles. The van der Waals surface area contributed by atoms with E-state index in [0.717, 1.165) is 13.0 Å². The summed E-state index contributed by atoms with van der Waals surface area (Å²) in [6, 6.07) is 0.632. The van der Waals surface area contributed by atoms with Gasteiger partial charge in [-0.25, -0.2) is 4.98 Å². The molecular weight excluding hydrogens is 236 g/mol. The van der Waals surface area contributed by atoms with E-state index in [1.165, 1.54) is 28.5 Å². The fourth-order valence-corrected chi connectivity index (χ4v) is 3.09. The van der Waals surface area contributed by atoms with Gasteiger partial charge in [0.2, 0.25) is 0 Å². The van der Waals surface area contributed by atoms with Crippen LogP contribution in [0.2, 0.25) is 0 Å². The third-order valence-electron chi connectivity index (χ3n) is 2.59. The van der Waals surface area contributed by atoms with Crippen LogP contribution in [-0.4, -0.2) is 29.1 Å². The molecule has 1 unspecified atom stereocenters. The van der Waals surface area contributed by atoms with Crippen molar-refractivity contribution >= 4 is 23.1 Å². The summed E-state index contributed by atoms with van der Waals surface area (Å²) in [7, 11) is 0. The lowest BCUT2D eigenvalue weighted by Gasteiger charge is -2.12. The Hall–Kier alpha value is -0.0600. The Morgan fingerprint density at radius 1 is 1.56 bits per heavy atom. The first-order chi connectivity index (χ1) is 7.74. The predicted octanol–water partition coefficient (Wildman–Crippen LogP) is 3.12. The molecule has 2 nitrogen and oxygen atoms in total. The van der Waals surface area contributed by atoms with Crippen molar-refractivity contribution in [3.63, 3.8) is 0 Å². The molecule has 0 amide bonds. The monoisotopic (exact) mass is 258 g/mol. The normalized spacial score (nSPS) is 12.9. The Balaban J connectivity index is 2.08. The summed E-state index contributed by atoms with van der Waals surface area (Å²) in [6.07, 6.45) is 2.38. The van der Waals surface area contributed by atoms with Crippen LogP contribution in [0, 0.1) is 6.92 Å². The lowest BCUT2D eigenvalue weighted by Crippen LogP contribution is -2.28.